The van der Waals surface area contributed by atoms with Gasteiger partial charge < -0.3 is 10.8 Å². The minimum absolute atomic E-state index is 0.0538. The molecule has 0 saturated heterocycles. The first kappa shape index (κ1) is 10.2. The standard InChI is InChI=1S/C8H11N3O3/c1-5(7(9)12)4-11-6(8(13)14)2-3-10-11/h2-3,5H,4H2,1H3,(H2,9,12)(H,13,14). The van der Waals surface area contributed by atoms with Crippen molar-refractivity contribution >= 4 is 11.9 Å². The Bertz CT molecular complexity index is 358. The molecule has 0 aliphatic carbocycles. The minimum atomic E-state index is -1.07. The van der Waals surface area contributed by atoms with Gasteiger partial charge in [-0.25, -0.2) is 4.79 Å². The van der Waals surface area contributed by atoms with E-state index < -0.39 is 17.8 Å². The van der Waals surface area contributed by atoms with Crippen LogP contribution >= 0.6 is 0 Å². The van der Waals surface area contributed by atoms with Gasteiger partial charge in [0.15, 0.2) is 0 Å². The van der Waals surface area contributed by atoms with Crippen LogP contribution in [0.2, 0.25) is 0 Å². The summed E-state index contributed by atoms with van der Waals surface area (Å²) in [6.07, 6.45) is 1.37. The number of carboxylic acid groups (broad SMARTS) is 1. The van der Waals surface area contributed by atoms with Crippen LogP contribution < -0.4 is 5.73 Å². The van der Waals surface area contributed by atoms with Gasteiger partial charge in [-0.2, -0.15) is 5.10 Å². The molecule has 3 N–H and O–H groups in total. The maximum absolute atomic E-state index is 10.7. The highest BCUT2D eigenvalue weighted by molar-refractivity contribution is 5.85. The summed E-state index contributed by atoms with van der Waals surface area (Å²) >= 11 is 0. The average molecular weight is 197 g/mol. The number of rotatable bonds is 4. The summed E-state index contributed by atoms with van der Waals surface area (Å²) in [6.45, 7) is 1.81. The quantitative estimate of drug-likeness (QED) is 0.692. The highest BCUT2D eigenvalue weighted by atomic mass is 16.4. The highest BCUT2D eigenvalue weighted by Gasteiger charge is 2.15. The summed E-state index contributed by atoms with van der Waals surface area (Å²) in [5, 5.41) is 12.5. The van der Waals surface area contributed by atoms with Crippen LogP contribution in [0.3, 0.4) is 0 Å². The van der Waals surface area contributed by atoms with Crippen LogP contribution in [0.4, 0.5) is 0 Å². The molecule has 0 saturated carbocycles. The molecule has 6 nitrogen and oxygen atoms in total. The number of aromatic nitrogens is 2. The van der Waals surface area contributed by atoms with Crippen molar-refractivity contribution in [1.29, 1.82) is 0 Å². The lowest BCUT2D eigenvalue weighted by Crippen LogP contribution is -2.26. The predicted molar refractivity (Wildman–Crippen MR) is 47.5 cm³/mol. The van der Waals surface area contributed by atoms with Crippen LogP contribution in [0, 0.1) is 5.92 Å². The molecule has 0 fully saturated rings. The fourth-order valence-corrected chi connectivity index (χ4v) is 1.01. The molecule has 1 heterocycles. The fraction of sp³-hybridized carbons (Fsp3) is 0.375. The van der Waals surface area contributed by atoms with E-state index in [4.69, 9.17) is 10.8 Å². The van der Waals surface area contributed by atoms with Gasteiger partial charge in [-0.05, 0) is 6.07 Å². The Morgan fingerprint density at radius 1 is 1.71 bits per heavy atom. The first-order valence-electron chi connectivity index (χ1n) is 4.06. The first-order valence-corrected chi connectivity index (χ1v) is 4.06. The normalized spacial score (nSPS) is 12.4. The van der Waals surface area contributed by atoms with Crippen molar-refractivity contribution in [2.24, 2.45) is 11.7 Å². The molecule has 1 aromatic rings. The van der Waals surface area contributed by atoms with Crippen LogP contribution in [0.25, 0.3) is 0 Å². The molecule has 1 amide bonds. The van der Waals surface area contributed by atoms with Crippen LogP contribution in [0.15, 0.2) is 12.3 Å². The summed E-state index contributed by atoms with van der Waals surface area (Å²) < 4.78 is 1.25. The molecule has 1 unspecified atom stereocenters. The third-order valence-corrected chi connectivity index (χ3v) is 1.87. The fourth-order valence-electron chi connectivity index (χ4n) is 1.01. The average Bonchev–Trinajstić information content (AvgIpc) is 2.52. The Morgan fingerprint density at radius 2 is 2.36 bits per heavy atom. The highest BCUT2D eigenvalue weighted by Crippen LogP contribution is 2.03. The second kappa shape index (κ2) is 3.91. The van der Waals surface area contributed by atoms with Gasteiger partial charge in [0.05, 0.1) is 12.5 Å². The molecular weight excluding hydrogens is 186 g/mol. The van der Waals surface area contributed by atoms with Crippen LogP contribution in [-0.4, -0.2) is 26.8 Å². The van der Waals surface area contributed by atoms with Gasteiger partial charge in [-0.15, -0.1) is 0 Å². The van der Waals surface area contributed by atoms with E-state index in [1.54, 1.807) is 6.92 Å². The van der Waals surface area contributed by atoms with Crippen molar-refractivity contribution in [2.45, 2.75) is 13.5 Å². The first-order chi connectivity index (χ1) is 6.52. The van der Waals surface area contributed by atoms with E-state index in [-0.39, 0.29) is 12.2 Å². The van der Waals surface area contributed by atoms with Crippen molar-refractivity contribution in [3.63, 3.8) is 0 Å². The minimum Gasteiger partial charge on any atom is -0.477 e. The third-order valence-electron chi connectivity index (χ3n) is 1.87. The monoisotopic (exact) mass is 197 g/mol. The molecule has 6 heteroatoms. The van der Waals surface area contributed by atoms with E-state index in [1.807, 2.05) is 0 Å². The Balaban J connectivity index is 2.81. The topological polar surface area (TPSA) is 98.2 Å². The lowest BCUT2D eigenvalue weighted by Gasteiger charge is -2.08. The number of carbonyl (C=O) groups excluding carboxylic acids is 1. The van der Waals surface area contributed by atoms with E-state index in [2.05, 4.69) is 5.10 Å². The number of nitrogens with two attached hydrogens (primary N) is 1. The molecule has 0 aliphatic heterocycles. The van der Waals surface area contributed by atoms with Crippen LogP contribution in [0.1, 0.15) is 17.4 Å². The molecule has 0 aromatic carbocycles. The Kier molecular flexibility index (Phi) is 2.85. The van der Waals surface area contributed by atoms with Gasteiger partial charge in [-0.1, -0.05) is 6.92 Å². The van der Waals surface area contributed by atoms with Gasteiger partial charge in [-0.3, -0.25) is 9.48 Å². The van der Waals surface area contributed by atoms with Crippen molar-refractivity contribution < 1.29 is 14.7 Å². The molecule has 1 rings (SSSR count). The summed E-state index contributed by atoms with van der Waals surface area (Å²) in [5.74, 6) is -1.98. The molecule has 0 spiro atoms. The largest absolute Gasteiger partial charge is 0.477 e. The molecular formula is C8H11N3O3. The summed E-state index contributed by atoms with van der Waals surface area (Å²) in [7, 11) is 0. The number of carbonyl (C=O) groups is 2. The van der Waals surface area contributed by atoms with E-state index in [0.717, 1.165) is 0 Å². The number of amides is 1. The van der Waals surface area contributed by atoms with Gasteiger partial charge in [0, 0.05) is 6.20 Å². The zero-order valence-electron chi connectivity index (χ0n) is 7.67. The summed E-state index contributed by atoms with van der Waals surface area (Å²) in [5.41, 5.74) is 5.11. The molecule has 1 aromatic heterocycles. The van der Waals surface area contributed by atoms with E-state index in [9.17, 15) is 9.59 Å². The molecule has 14 heavy (non-hydrogen) atoms. The number of primary amides is 1. The zero-order chi connectivity index (χ0) is 10.7. The Morgan fingerprint density at radius 3 is 2.86 bits per heavy atom. The number of carboxylic acids is 1. The van der Waals surface area contributed by atoms with E-state index in [1.165, 1.54) is 16.9 Å². The second-order valence-corrected chi connectivity index (χ2v) is 3.01. The molecule has 0 bridgehead atoms. The summed E-state index contributed by atoms with van der Waals surface area (Å²) in [6, 6.07) is 1.37. The van der Waals surface area contributed by atoms with Crippen molar-refractivity contribution in [3.8, 4) is 0 Å². The number of aromatic carboxylic acids is 1. The molecule has 0 aliphatic rings. The van der Waals surface area contributed by atoms with E-state index >= 15 is 0 Å². The summed E-state index contributed by atoms with van der Waals surface area (Å²) in [4.78, 5) is 21.4. The Hall–Kier alpha value is -1.85. The lowest BCUT2D eigenvalue weighted by atomic mass is 10.2. The maximum Gasteiger partial charge on any atom is 0.354 e. The number of nitrogens with zero attached hydrogens (tertiary/aromatic N) is 2. The zero-order valence-corrected chi connectivity index (χ0v) is 7.67. The van der Waals surface area contributed by atoms with E-state index in [0.29, 0.717) is 0 Å². The van der Waals surface area contributed by atoms with Gasteiger partial charge >= 0.3 is 5.97 Å². The Labute approximate surface area is 80.3 Å². The second-order valence-electron chi connectivity index (χ2n) is 3.01. The van der Waals surface area contributed by atoms with Gasteiger partial charge in [0.1, 0.15) is 5.69 Å². The molecule has 0 radical (unpaired) electrons. The van der Waals surface area contributed by atoms with Crippen LogP contribution in [0.5, 0.6) is 0 Å². The predicted octanol–water partition coefficient (Wildman–Crippen LogP) is -0.297. The van der Waals surface area contributed by atoms with Crippen molar-refractivity contribution in [2.75, 3.05) is 0 Å². The smallest absolute Gasteiger partial charge is 0.354 e. The number of hydrogen-bond donors (Lipinski definition) is 2. The SMILES string of the molecule is CC(Cn1nccc1C(=O)O)C(N)=O. The number of hydrogen-bond acceptors (Lipinski definition) is 3. The lowest BCUT2D eigenvalue weighted by molar-refractivity contribution is -0.121. The van der Waals surface area contributed by atoms with Crippen molar-refractivity contribution in [1.82, 2.24) is 9.78 Å². The van der Waals surface area contributed by atoms with Crippen LogP contribution in [-0.2, 0) is 11.3 Å². The molecule has 76 valence electrons. The van der Waals surface area contributed by atoms with Crippen molar-refractivity contribution in [3.05, 3.63) is 18.0 Å². The van der Waals surface area contributed by atoms with Gasteiger partial charge in [0.2, 0.25) is 5.91 Å². The van der Waals surface area contributed by atoms with Gasteiger partial charge in [0.25, 0.3) is 0 Å². The molecule has 1 atom stereocenters. The third kappa shape index (κ3) is 2.09. The maximum atomic E-state index is 10.7.